The van der Waals surface area contributed by atoms with E-state index in [2.05, 4.69) is 34.4 Å². The van der Waals surface area contributed by atoms with Gasteiger partial charge in [0.1, 0.15) is 5.52 Å². The molecule has 0 radical (unpaired) electrons. The lowest BCUT2D eigenvalue weighted by atomic mass is 10.1. The van der Waals surface area contributed by atoms with Gasteiger partial charge < -0.3 is 10.2 Å². The first kappa shape index (κ1) is 18.0. The second kappa shape index (κ2) is 6.77. The average molecular weight is 390 g/mol. The molecule has 1 fully saturated rings. The number of halogens is 1. The predicted molar refractivity (Wildman–Crippen MR) is 114 cm³/mol. The van der Waals surface area contributed by atoms with Crippen LogP contribution in [-0.2, 0) is 7.05 Å². The molecule has 0 amide bonds. The summed E-state index contributed by atoms with van der Waals surface area (Å²) in [5.74, 6) is 0.172. The molecule has 5 rings (SSSR count). The standard InChI is InChI=1S/C22H23FN6/c1-13-11-29(7-6-24-13)17-4-5-20-18(10-17)14(2)25-22(26-20)15-8-16-12-28(3)27-21(16)19(23)9-15/h4-5,8-10,12-13,24H,6-7,11H2,1-3H3. The van der Waals surface area contributed by atoms with Gasteiger partial charge in [0, 0.05) is 66.6 Å². The van der Waals surface area contributed by atoms with Crippen molar-refractivity contribution in [2.75, 3.05) is 24.5 Å². The molecule has 1 unspecified atom stereocenters. The molecule has 2 aromatic heterocycles. The third-order valence-corrected chi connectivity index (χ3v) is 5.54. The van der Waals surface area contributed by atoms with Crippen LogP contribution in [0, 0.1) is 12.7 Å². The number of rotatable bonds is 2. The number of aryl methyl sites for hydroxylation is 2. The van der Waals surface area contributed by atoms with E-state index in [0.717, 1.165) is 41.6 Å². The topological polar surface area (TPSA) is 58.9 Å². The highest BCUT2D eigenvalue weighted by atomic mass is 19.1. The van der Waals surface area contributed by atoms with Crippen molar-refractivity contribution in [1.82, 2.24) is 25.1 Å². The first-order valence-corrected chi connectivity index (χ1v) is 9.88. The van der Waals surface area contributed by atoms with Crippen LogP contribution in [0.4, 0.5) is 10.1 Å². The summed E-state index contributed by atoms with van der Waals surface area (Å²) in [6.07, 6.45) is 1.80. The molecule has 2 aromatic carbocycles. The van der Waals surface area contributed by atoms with Crippen molar-refractivity contribution in [3.8, 4) is 11.4 Å². The molecule has 0 bridgehead atoms. The van der Waals surface area contributed by atoms with Gasteiger partial charge in [-0.05, 0) is 44.2 Å². The van der Waals surface area contributed by atoms with Gasteiger partial charge in [0.15, 0.2) is 11.6 Å². The molecule has 1 aliphatic heterocycles. The molecule has 3 heterocycles. The van der Waals surface area contributed by atoms with Crippen molar-refractivity contribution in [2.24, 2.45) is 7.05 Å². The monoisotopic (exact) mass is 390 g/mol. The van der Waals surface area contributed by atoms with Crippen LogP contribution in [0.15, 0.2) is 36.5 Å². The van der Waals surface area contributed by atoms with Gasteiger partial charge in [0.25, 0.3) is 0 Å². The van der Waals surface area contributed by atoms with E-state index in [1.807, 2.05) is 19.1 Å². The van der Waals surface area contributed by atoms with Gasteiger partial charge in [0.05, 0.1) is 5.52 Å². The van der Waals surface area contributed by atoms with Gasteiger partial charge in [-0.2, -0.15) is 5.10 Å². The Labute approximate surface area is 168 Å². The van der Waals surface area contributed by atoms with Crippen LogP contribution in [0.5, 0.6) is 0 Å². The molecule has 1 saturated heterocycles. The summed E-state index contributed by atoms with van der Waals surface area (Å²) in [6.45, 7) is 7.13. The molecule has 0 saturated carbocycles. The number of nitrogens with zero attached hydrogens (tertiary/aromatic N) is 5. The van der Waals surface area contributed by atoms with Gasteiger partial charge >= 0.3 is 0 Å². The van der Waals surface area contributed by atoms with Gasteiger partial charge in [-0.15, -0.1) is 0 Å². The molecule has 1 N–H and O–H groups in total. The summed E-state index contributed by atoms with van der Waals surface area (Å²) in [4.78, 5) is 11.8. The van der Waals surface area contributed by atoms with Crippen molar-refractivity contribution in [2.45, 2.75) is 19.9 Å². The Balaban J connectivity index is 1.57. The van der Waals surface area contributed by atoms with Gasteiger partial charge in [0.2, 0.25) is 0 Å². The third kappa shape index (κ3) is 3.21. The highest BCUT2D eigenvalue weighted by molar-refractivity contribution is 5.88. The summed E-state index contributed by atoms with van der Waals surface area (Å²) in [5, 5.41) is 9.41. The van der Waals surface area contributed by atoms with Crippen LogP contribution in [-0.4, -0.2) is 45.4 Å². The van der Waals surface area contributed by atoms with Gasteiger partial charge in [-0.3, -0.25) is 4.68 Å². The zero-order chi connectivity index (χ0) is 20.1. The summed E-state index contributed by atoms with van der Waals surface area (Å²) < 4.78 is 16.1. The second-order valence-electron chi connectivity index (χ2n) is 7.83. The van der Waals surface area contributed by atoms with Crippen LogP contribution in [0.25, 0.3) is 33.2 Å². The summed E-state index contributed by atoms with van der Waals surface area (Å²) in [7, 11) is 1.78. The lowest BCUT2D eigenvalue weighted by molar-refractivity contribution is 0.485. The maximum Gasteiger partial charge on any atom is 0.160 e. The number of nitrogens with one attached hydrogen (secondary N) is 1. The van der Waals surface area contributed by atoms with Crippen LogP contribution < -0.4 is 10.2 Å². The number of piperazine rings is 1. The lowest BCUT2D eigenvalue weighted by Crippen LogP contribution is -2.49. The average Bonchev–Trinajstić information content (AvgIpc) is 3.08. The maximum atomic E-state index is 14.5. The fourth-order valence-electron chi connectivity index (χ4n) is 4.10. The molecule has 4 aromatic rings. The highest BCUT2D eigenvalue weighted by Gasteiger charge is 2.17. The largest absolute Gasteiger partial charge is 0.369 e. The Morgan fingerprint density at radius 3 is 2.86 bits per heavy atom. The third-order valence-electron chi connectivity index (χ3n) is 5.54. The van der Waals surface area contributed by atoms with E-state index >= 15 is 0 Å². The molecule has 0 aliphatic carbocycles. The first-order chi connectivity index (χ1) is 14.0. The fraction of sp³-hybridized carbons (Fsp3) is 0.318. The molecular weight excluding hydrogens is 367 g/mol. The minimum Gasteiger partial charge on any atom is -0.369 e. The predicted octanol–water partition coefficient (Wildman–Crippen LogP) is 3.43. The molecule has 1 atom stereocenters. The Bertz CT molecular complexity index is 1230. The van der Waals surface area contributed by atoms with Crippen molar-refractivity contribution in [1.29, 1.82) is 0 Å². The van der Waals surface area contributed by atoms with E-state index in [-0.39, 0.29) is 5.82 Å². The van der Waals surface area contributed by atoms with Crippen LogP contribution >= 0.6 is 0 Å². The van der Waals surface area contributed by atoms with E-state index in [1.54, 1.807) is 17.9 Å². The Morgan fingerprint density at radius 1 is 1.17 bits per heavy atom. The fourth-order valence-corrected chi connectivity index (χ4v) is 4.10. The van der Waals surface area contributed by atoms with E-state index in [4.69, 9.17) is 9.97 Å². The van der Waals surface area contributed by atoms with Crippen LogP contribution in [0.2, 0.25) is 0 Å². The Kier molecular flexibility index (Phi) is 4.20. The van der Waals surface area contributed by atoms with Crippen LogP contribution in [0.3, 0.4) is 0 Å². The van der Waals surface area contributed by atoms with Crippen molar-refractivity contribution < 1.29 is 4.39 Å². The molecule has 0 spiro atoms. The SMILES string of the molecule is Cc1nc(-c2cc(F)c3nn(C)cc3c2)nc2ccc(N3CCNC(C)C3)cc12. The zero-order valence-electron chi connectivity index (χ0n) is 16.8. The number of hydrogen-bond donors (Lipinski definition) is 1. The first-order valence-electron chi connectivity index (χ1n) is 9.88. The van der Waals surface area contributed by atoms with Crippen molar-refractivity contribution in [3.05, 3.63) is 48.0 Å². The Morgan fingerprint density at radius 2 is 2.03 bits per heavy atom. The van der Waals surface area contributed by atoms with Gasteiger partial charge in [-0.25, -0.2) is 14.4 Å². The molecule has 29 heavy (non-hydrogen) atoms. The lowest BCUT2D eigenvalue weighted by Gasteiger charge is -2.33. The smallest absolute Gasteiger partial charge is 0.160 e. The van der Waals surface area contributed by atoms with E-state index in [0.29, 0.717) is 22.9 Å². The van der Waals surface area contributed by atoms with Crippen molar-refractivity contribution in [3.63, 3.8) is 0 Å². The normalized spacial score (nSPS) is 17.4. The number of benzene rings is 2. The van der Waals surface area contributed by atoms with E-state index in [1.165, 1.54) is 11.8 Å². The maximum absolute atomic E-state index is 14.5. The molecular formula is C22H23FN6. The minimum absolute atomic E-state index is 0.359. The minimum atomic E-state index is -0.359. The number of anilines is 1. The molecule has 6 nitrogen and oxygen atoms in total. The zero-order valence-corrected chi connectivity index (χ0v) is 16.8. The number of fused-ring (bicyclic) bond motifs is 2. The Hall–Kier alpha value is -3.06. The molecule has 7 heteroatoms. The summed E-state index contributed by atoms with van der Waals surface area (Å²) in [5.41, 5.74) is 3.97. The summed E-state index contributed by atoms with van der Waals surface area (Å²) in [6, 6.07) is 10.1. The van der Waals surface area contributed by atoms with E-state index < -0.39 is 0 Å². The number of hydrogen-bond acceptors (Lipinski definition) is 5. The van der Waals surface area contributed by atoms with Crippen molar-refractivity contribution >= 4 is 27.5 Å². The summed E-state index contributed by atoms with van der Waals surface area (Å²) >= 11 is 0. The second-order valence-corrected chi connectivity index (χ2v) is 7.83. The molecule has 1 aliphatic rings. The molecule has 148 valence electrons. The van der Waals surface area contributed by atoms with E-state index in [9.17, 15) is 4.39 Å². The number of aromatic nitrogens is 4. The highest BCUT2D eigenvalue weighted by Crippen LogP contribution is 2.28. The van der Waals surface area contributed by atoms with Gasteiger partial charge in [-0.1, -0.05) is 0 Å². The van der Waals surface area contributed by atoms with Crippen LogP contribution in [0.1, 0.15) is 12.6 Å². The quantitative estimate of drug-likeness (QED) is 0.568.